The molecule has 2 amide bonds. The van der Waals surface area contributed by atoms with Crippen molar-refractivity contribution in [2.75, 3.05) is 19.6 Å². The summed E-state index contributed by atoms with van der Waals surface area (Å²) in [6.07, 6.45) is 8.97. The quantitative estimate of drug-likeness (QED) is 0.136. The molecule has 0 aliphatic carbocycles. The van der Waals surface area contributed by atoms with Crippen molar-refractivity contribution in [3.63, 3.8) is 0 Å². The number of nitrogens with one attached hydrogen (secondary N) is 1. The second kappa shape index (κ2) is 17.0. The number of carbonyl (C=O) groups is 2. The lowest BCUT2D eigenvalue weighted by Crippen LogP contribution is -2.57. The van der Waals surface area contributed by atoms with E-state index in [-0.39, 0.29) is 10.8 Å². The molecule has 0 radical (unpaired) electrons. The molecule has 3 aromatic rings. The van der Waals surface area contributed by atoms with Crippen LogP contribution < -0.4 is 5.32 Å². The number of likely N-dealkylation sites (tertiary alicyclic amines) is 1. The third-order valence-electron chi connectivity index (χ3n) is 10.5. The number of aromatic nitrogens is 3. The van der Waals surface area contributed by atoms with Crippen molar-refractivity contribution in [3.05, 3.63) is 83.9 Å². The number of benzene rings is 2. The van der Waals surface area contributed by atoms with E-state index in [2.05, 4.69) is 51.4 Å². The van der Waals surface area contributed by atoms with Crippen LogP contribution >= 0.6 is 0 Å². The smallest absolute Gasteiger partial charge is 0.417 e. The number of piperidine rings is 1. The van der Waals surface area contributed by atoms with Crippen molar-refractivity contribution in [2.45, 2.75) is 117 Å². The SMILES string of the molecule is CC(C)(C)C(CCCCCCCCN1CCC(Cn2cnc(C(O)(c3ccccc3)c3ccccc3)n2)CC1)(OC(=O)NC(=O)O)C(C)(C)C. The number of hydrogen-bond donors (Lipinski definition) is 3. The number of rotatable bonds is 15. The minimum Gasteiger partial charge on any atom is -0.465 e. The molecule has 0 unspecified atom stereocenters. The van der Waals surface area contributed by atoms with Crippen LogP contribution in [0, 0.1) is 16.7 Å². The first kappa shape index (κ1) is 39.0. The molecule has 2 heterocycles. The fourth-order valence-corrected chi connectivity index (χ4v) is 7.91. The normalized spacial score (nSPS) is 15.2. The first-order valence-electron chi connectivity index (χ1n) is 18.3. The number of unbranched alkanes of at least 4 members (excludes halogenated alkanes) is 5. The van der Waals surface area contributed by atoms with Crippen LogP contribution in [0.1, 0.15) is 116 Å². The molecule has 0 spiro atoms. The minimum absolute atomic E-state index is 0.372. The van der Waals surface area contributed by atoms with Crippen LogP contribution in [0.25, 0.3) is 0 Å². The third kappa shape index (κ3) is 9.72. The average molecular weight is 690 g/mol. The highest BCUT2D eigenvalue weighted by molar-refractivity contribution is 5.86. The lowest BCUT2D eigenvalue weighted by molar-refractivity contribution is -0.145. The molecule has 0 bridgehead atoms. The number of carboxylic acid groups (broad SMARTS) is 1. The van der Waals surface area contributed by atoms with Crippen molar-refractivity contribution in [1.82, 2.24) is 25.0 Å². The summed E-state index contributed by atoms with van der Waals surface area (Å²) in [6.45, 7) is 16.4. The maximum absolute atomic E-state index is 12.4. The van der Waals surface area contributed by atoms with Gasteiger partial charge in [-0.05, 0) is 68.8 Å². The molecule has 1 aliphatic rings. The lowest BCUT2D eigenvalue weighted by Gasteiger charge is -2.52. The molecule has 1 aromatic heterocycles. The number of alkyl carbamates (subject to hydrolysis) is 1. The number of carbonyl (C=O) groups excluding carboxylic acids is 1. The predicted molar refractivity (Wildman–Crippen MR) is 196 cm³/mol. The van der Waals surface area contributed by atoms with Gasteiger partial charge in [0.25, 0.3) is 0 Å². The van der Waals surface area contributed by atoms with Gasteiger partial charge in [-0.15, -0.1) is 0 Å². The fourth-order valence-electron chi connectivity index (χ4n) is 7.91. The summed E-state index contributed by atoms with van der Waals surface area (Å²) in [4.78, 5) is 30.6. The molecular weight excluding hydrogens is 630 g/mol. The summed E-state index contributed by atoms with van der Waals surface area (Å²) in [5, 5.41) is 27.7. The predicted octanol–water partition coefficient (Wildman–Crippen LogP) is 8.24. The first-order chi connectivity index (χ1) is 23.7. The van der Waals surface area contributed by atoms with E-state index in [1.54, 1.807) is 6.33 Å². The molecule has 4 rings (SSSR count). The molecule has 1 saturated heterocycles. The van der Waals surface area contributed by atoms with E-state index in [0.717, 1.165) is 69.4 Å². The number of aliphatic hydroxyl groups is 1. The fraction of sp³-hybridized carbons (Fsp3) is 0.600. The zero-order valence-electron chi connectivity index (χ0n) is 31.0. The average Bonchev–Trinajstić information content (AvgIpc) is 3.54. The van der Waals surface area contributed by atoms with Crippen molar-refractivity contribution in [3.8, 4) is 0 Å². The maximum atomic E-state index is 12.4. The highest BCUT2D eigenvalue weighted by atomic mass is 16.6. The Morgan fingerprint density at radius 3 is 1.86 bits per heavy atom. The molecule has 10 heteroatoms. The Kier molecular flexibility index (Phi) is 13.2. The molecule has 1 fully saturated rings. The van der Waals surface area contributed by atoms with Crippen LogP contribution in [0.15, 0.2) is 67.0 Å². The second-order valence-electron chi connectivity index (χ2n) is 16.0. The number of amides is 2. The van der Waals surface area contributed by atoms with Crippen LogP contribution in [-0.4, -0.2) is 67.3 Å². The minimum atomic E-state index is -1.42. The van der Waals surface area contributed by atoms with Crippen molar-refractivity contribution in [2.24, 2.45) is 16.7 Å². The molecule has 0 atom stereocenters. The van der Waals surface area contributed by atoms with Gasteiger partial charge in [-0.3, -0.25) is 4.68 Å². The zero-order chi connectivity index (χ0) is 36.4. The molecule has 50 heavy (non-hydrogen) atoms. The van der Waals surface area contributed by atoms with E-state index >= 15 is 0 Å². The Morgan fingerprint density at radius 2 is 1.34 bits per heavy atom. The highest BCUT2D eigenvalue weighted by Gasteiger charge is 2.53. The van der Waals surface area contributed by atoms with Gasteiger partial charge in [-0.2, -0.15) is 5.10 Å². The third-order valence-corrected chi connectivity index (χ3v) is 10.5. The van der Waals surface area contributed by atoms with Gasteiger partial charge in [-0.1, -0.05) is 128 Å². The van der Waals surface area contributed by atoms with E-state index in [0.29, 0.717) is 18.2 Å². The van der Waals surface area contributed by atoms with Crippen LogP contribution in [-0.2, 0) is 16.9 Å². The summed E-state index contributed by atoms with van der Waals surface area (Å²) >= 11 is 0. The van der Waals surface area contributed by atoms with Gasteiger partial charge in [0.05, 0.1) is 0 Å². The number of hydrogen-bond acceptors (Lipinski definition) is 7. The van der Waals surface area contributed by atoms with Crippen LogP contribution in [0.3, 0.4) is 0 Å². The van der Waals surface area contributed by atoms with Crippen LogP contribution in [0.5, 0.6) is 0 Å². The summed E-state index contributed by atoms with van der Waals surface area (Å²) in [5.74, 6) is 0.918. The van der Waals surface area contributed by atoms with E-state index in [1.165, 1.54) is 19.3 Å². The Hall–Kier alpha value is -3.76. The molecular formula is C40H59N5O5. The second-order valence-corrected chi connectivity index (χ2v) is 16.0. The van der Waals surface area contributed by atoms with Gasteiger partial charge < -0.3 is 19.8 Å². The summed E-state index contributed by atoms with van der Waals surface area (Å²) in [6, 6.07) is 19.3. The van der Waals surface area contributed by atoms with Gasteiger partial charge in [0.1, 0.15) is 11.9 Å². The van der Waals surface area contributed by atoms with E-state index in [4.69, 9.17) is 14.9 Å². The largest absolute Gasteiger partial charge is 0.465 e. The van der Waals surface area contributed by atoms with E-state index in [1.807, 2.05) is 70.7 Å². The Bertz CT molecular complexity index is 1430. The van der Waals surface area contributed by atoms with Gasteiger partial charge in [0.15, 0.2) is 11.4 Å². The van der Waals surface area contributed by atoms with Gasteiger partial charge in [0, 0.05) is 17.4 Å². The highest BCUT2D eigenvalue weighted by Crippen LogP contribution is 2.50. The molecule has 274 valence electrons. The zero-order valence-corrected chi connectivity index (χ0v) is 31.0. The van der Waals surface area contributed by atoms with E-state index in [9.17, 15) is 14.7 Å². The van der Waals surface area contributed by atoms with Crippen molar-refractivity contribution in [1.29, 1.82) is 0 Å². The maximum Gasteiger partial charge on any atom is 0.417 e. The summed E-state index contributed by atoms with van der Waals surface area (Å²) < 4.78 is 7.82. The molecule has 10 nitrogen and oxygen atoms in total. The molecule has 1 aliphatic heterocycles. The molecule has 2 aromatic carbocycles. The van der Waals surface area contributed by atoms with Crippen molar-refractivity contribution >= 4 is 12.2 Å². The number of nitrogens with zero attached hydrogens (tertiary/aromatic N) is 4. The van der Waals surface area contributed by atoms with Gasteiger partial charge in [-0.25, -0.2) is 19.9 Å². The van der Waals surface area contributed by atoms with Crippen molar-refractivity contribution < 1.29 is 24.5 Å². The van der Waals surface area contributed by atoms with E-state index < -0.39 is 23.4 Å². The standard InChI is InChI=1S/C40H59N5O5/c1-37(2,3)39(38(4,5)6,50-36(48)42-35(46)47)25-17-9-7-8-10-18-26-44-27-23-31(24-28-44)29-45-30-41-34(43-45)40(49,32-19-13-11-14-20-32)33-21-15-12-16-22-33/h11-16,19-22,30-31,49H,7-10,17-18,23-29H2,1-6H3,(H,42,48)(H,46,47). The summed E-state index contributed by atoms with van der Waals surface area (Å²) in [5.41, 5.74) is -1.48. The van der Waals surface area contributed by atoms with Gasteiger partial charge >= 0.3 is 12.2 Å². The summed E-state index contributed by atoms with van der Waals surface area (Å²) in [7, 11) is 0. The Labute approximate surface area is 298 Å². The Morgan fingerprint density at radius 1 is 0.820 bits per heavy atom. The number of ether oxygens (including phenoxy) is 1. The van der Waals surface area contributed by atoms with Crippen LogP contribution in [0.2, 0.25) is 0 Å². The Balaban J connectivity index is 1.18. The number of imide groups is 1. The van der Waals surface area contributed by atoms with Crippen LogP contribution in [0.4, 0.5) is 9.59 Å². The molecule has 0 saturated carbocycles. The topological polar surface area (TPSA) is 130 Å². The van der Waals surface area contributed by atoms with Gasteiger partial charge in [0.2, 0.25) is 0 Å². The first-order valence-corrected chi connectivity index (χ1v) is 18.3. The monoisotopic (exact) mass is 689 g/mol. The molecule has 3 N–H and O–H groups in total. The lowest BCUT2D eigenvalue weighted by atomic mass is 9.60.